The molecule has 46 valence electrons. The quantitative estimate of drug-likeness (QED) is 0.421. The van der Waals surface area contributed by atoms with Crippen LogP contribution < -0.4 is 0 Å². The van der Waals surface area contributed by atoms with E-state index in [0.717, 1.165) is 0 Å². The maximum absolute atomic E-state index is 9.32. The van der Waals surface area contributed by atoms with E-state index in [1.54, 1.807) is 6.92 Å². The number of carboxylic acids is 1. The first kappa shape index (κ1) is 15.8. The van der Waals surface area contributed by atoms with Gasteiger partial charge in [-0.3, -0.25) is 4.79 Å². The number of alkyl halides is 1. The molecule has 0 spiro atoms. The average molecular weight is 233 g/mol. The molecular formula is C4H8BrO2Zn-. The van der Waals surface area contributed by atoms with E-state index in [9.17, 15) is 4.79 Å². The normalized spacial score (nSPS) is 5.38. The maximum atomic E-state index is 9.32. The Morgan fingerprint density at radius 1 is 1.75 bits per heavy atom. The van der Waals surface area contributed by atoms with Gasteiger partial charge in [-0.25, -0.2) is 0 Å². The van der Waals surface area contributed by atoms with Gasteiger partial charge in [0.05, 0.1) is 0 Å². The van der Waals surface area contributed by atoms with Crippen LogP contribution in [0.5, 0.6) is 0 Å². The molecule has 0 bridgehead atoms. The molecule has 0 fully saturated rings. The zero-order chi connectivity index (χ0) is 6.28. The second kappa shape index (κ2) is 15.6. The third-order valence-corrected chi connectivity index (χ3v) is 0.594. The number of hydrogen-bond acceptors (Lipinski definition) is 1. The van der Waals surface area contributed by atoms with Crippen molar-refractivity contribution in [2.24, 2.45) is 0 Å². The molecule has 0 aromatic heterocycles. The van der Waals surface area contributed by atoms with Crippen LogP contribution in [0.4, 0.5) is 0 Å². The Kier molecular flexibility index (Phi) is 31.0. The standard InChI is InChI=1S/C2H3BrO2.C2H5.Zn/c3-1-2(4)5;1-2;/h1H2,(H,4,5);1H2,2H3;/q;-1;. The Labute approximate surface area is 70.5 Å². The summed E-state index contributed by atoms with van der Waals surface area (Å²) < 4.78 is 0. The van der Waals surface area contributed by atoms with E-state index in [-0.39, 0.29) is 24.8 Å². The number of hydrogen-bond donors (Lipinski definition) is 1. The van der Waals surface area contributed by atoms with Crippen LogP contribution >= 0.6 is 15.9 Å². The van der Waals surface area contributed by atoms with Gasteiger partial charge in [-0.2, -0.15) is 6.92 Å². The molecule has 0 aliphatic rings. The minimum Gasteiger partial charge on any atom is -0.481 e. The first-order chi connectivity index (χ1) is 3.27. The molecule has 0 atom stereocenters. The molecule has 0 saturated carbocycles. The Morgan fingerprint density at radius 2 is 1.88 bits per heavy atom. The van der Waals surface area contributed by atoms with Gasteiger partial charge in [0.2, 0.25) is 0 Å². The SMILES string of the molecule is O=C(O)CBr.[CH2-]C.[Zn]. The van der Waals surface area contributed by atoms with Crippen LogP contribution in [0.3, 0.4) is 0 Å². The van der Waals surface area contributed by atoms with Crippen molar-refractivity contribution in [1.29, 1.82) is 0 Å². The van der Waals surface area contributed by atoms with Crippen LogP contribution in [0.1, 0.15) is 6.92 Å². The number of carbonyl (C=O) groups is 1. The summed E-state index contributed by atoms with van der Waals surface area (Å²) >= 11 is 2.71. The molecule has 0 amide bonds. The summed E-state index contributed by atoms with van der Waals surface area (Å²) in [7, 11) is 0. The molecule has 2 nitrogen and oxygen atoms in total. The van der Waals surface area contributed by atoms with E-state index >= 15 is 0 Å². The molecule has 0 aliphatic heterocycles. The molecule has 1 N–H and O–H groups in total. The van der Waals surface area contributed by atoms with Crippen molar-refractivity contribution in [1.82, 2.24) is 0 Å². The summed E-state index contributed by atoms with van der Waals surface area (Å²) in [6.07, 6.45) is 0. The van der Waals surface area contributed by atoms with Crippen molar-refractivity contribution in [3.8, 4) is 0 Å². The molecule has 0 aromatic carbocycles. The van der Waals surface area contributed by atoms with Crippen molar-refractivity contribution < 1.29 is 29.4 Å². The van der Waals surface area contributed by atoms with E-state index in [2.05, 4.69) is 22.9 Å². The van der Waals surface area contributed by atoms with Gasteiger partial charge in [-0.05, 0) is 0 Å². The fraction of sp³-hybridized carbons (Fsp3) is 0.500. The topological polar surface area (TPSA) is 37.3 Å². The van der Waals surface area contributed by atoms with Crippen molar-refractivity contribution in [3.63, 3.8) is 0 Å². The molecule has 0 saturated heterocycles. The molecule has 4 heteroatoms. The third kappa shape index (κ3) is 30.8. The fourth-order valence-corrected chi connectivity index (χ4v) is 0. The van der Waals surface area contributed by atoms with Crippen LogP contribution in [0.25, 0.3) is 0 Å². The van der Waals surface area contributed by atoms with Crippen LogP contribution in [0.15, 0.2) is 0 Å². The smallest absolute Gasteiger partial charge is 0.314 e. The molecule has 0 aromatic rings. The molecule has 0 radical (unpaired) electrons. The van der Waals surface area contributed by atoms with Crippen LogP contribution in [0.2, 0.25) is 0 Å². The van der Waals surface area contributed by atoms with Gasteiger partial charge in [-0.15, -0.1) is 0 Å². The van der Waals surface area contributed by atoms with Gasteiger partial charge in [0, 0.05) is 19.5 Å². The molecule has 8 heavy (non-hydrogen) atoms. The Hall–Kier alpha value is 0.573. The Bertz CT molecular complexity index is 49.3. The van der Waals surface area contributed by atoms with E-state index in [1.165, 1.54) is 0 Å². The third-order valence-electron chi connectivity index (χ3n) is 0.114. The number of halogens is 1. The van der Waals surface area contributed by atoms with Crippen LogP contribution in [-0.2, 0) is 24.3 Å². The summed E-state index contributed by atoms with van der Waals surface area (Å²) in [6, 6.07) is 0. The van der Waals surface area contributed by atoms with Crippen LogP contribution in [0, 0.1) is 6.92 Å². The summed E-state index contributed by atoms with van der Waals surface area (Å²) in [4.78, 5) is 9.32. The van der Waals surface area contributed by atoms with Gasteiger partial charge in [0.1, 0.15) is 5.33 Å². The minimum absolute atomic E-state index is 0. The van der Waals surface area contributed by atoms with Gasteiger partial charge < -0.3 is 12.0 Å². The molecule has 0 unspecified atom stereocenters. The largest absolute Gasteiger partial charge is 0.481 e. The Balaban J connectivity index is -0.0000000750. The predicted octanol–water partition coefficient (Wildman–Crippen LogP) is 1.30. The zero-order valence-corrected chi connectivity index (χ0v) is 9.41. The second-order valence-corrected chi connectivity index (χ2v) is 1.09. The van der Waals surface area contributed by atoms with Gasteiger partial charge in [0.25, 0.3) is 0 Å². The second-order valence-electron chi connectivity index (χ2n) is 0.527. The molecule has 0 rings (SSSR count). The molecular weight excluding hydrogens is 225 g/mol. The molecule has 0 heterocycles. The number of aliphatic carboxylic acids is 1. The summed E-state index contributed by atoms with van der Waals surface area (Å²) in [5, 5.41) is 7.71. The maximum Gasteiger partial charge on any atom is 0.314 e. The minimum atomic E-state index is -0.829. The van der Waals surface area contributed by atoms with Gasteiger partial charge >= 0.3 is 5.97 Å². The first-order valence-corrected chi connectivity index (χ1v) is 2.88. The van der Waals surface area contributed by atoms with E-state index in [1.807, 2.05) is 0 Å². The molecule has 0 aliphatic carbocycles. The van der Waals surface area contributed by atoms with E-state index in [4.69, 9.17) is 5.11 Å². The van der Waals surface area contributed by atoms with E-state index in [0.29, 0.717) is 0 Å². The van der Waals surface area contributed by atoms with Crippen molar-refractivity contribution in [2.45, 2.75) is 6.92 Å². The van der Waals surface area contributed by atoms with Gasteiger partial charge in [0.15, 0.2) is 0 Å². The zero-order valence-electron chi connectivity index (χ0n) is 4.85. The van der Waals surface area contributed by atoms with E-state index < -0.39 is 5.97 Å². The number of rotatable bonds is 1. The van der Waals surface area contributed by atoms with Crippen molar-refractivity contribution >= 4 is 21.9 Å². The number of carboxylic acid groups (broad SMARTS) is 1. The summed E-state index contributed by atoms with van der Waals surface area (Å²) in [6.45, 7) is 5.00. The van der Waals surface area contributed by atoms with Crippen LogP contribution in [-0.4, -0.2) is 16.4 Å². The monoisotopic (exact) mass is 231 g/mol. The Morgan fingerprint density at radius 3 is 1.88 bits per heavy atom. The van der Waals surface area contributed by atoms with Crippen molar-refractivity contribution in [2.75, 3.05) is 5.33 Å². The summed E-state index contributed by atoms with van der Waals surface area (Å²) in [5.41, 5.74) is 0. The summed E-state index contributed by atoms with van der Waals surface area (Å²) in [5.74, 6) is -0.829. The predicted molar refractivity (Wildman–Crippen MR) is 32.5 cm³/mol. The average Bonchev–Trinajstić information content (AvgIpc) is 1.73. The van der Waals surface area contributed by atoms with Crippen molar-refractivity contribution in [3.05, 3.63) is 6.92 Å². The fourth-order valence-electron chi connectivity index (χ4n) is 0. The first-order valence-electron chi connectivity index (χ1n) is 1.76. The van der Waals surface area contributed by atoms with Gasteiger partial charge in [-0.1, -0.05) is 15.9 Å².